The summed E-state index contributed by atoms with van der Waals surface area (Å²) in [5, 5.41) is 20.9. The molecule has 28 heavy (non-hydrogen) atoms. The van der Waals surface area contributed by atoms with Gasteiger partial charge in [-0.1, -0.05) is 12.1 Å². The van der Waals surface area contributed by atoms with E-state index in [9.17, 15) is 18.5 Å². The Morgan fingerprint density at radius 3 is 2.68 bits per heavy atom. The Morgan fingerprint density at radius 1 is 1.36 bits per heavy atom. The van der Waals surface area contributed by atoms with Crippen molar-refractivity contribution in [2.45, 2.75) is 31.8 Å². The number of hydrogen-bond acceptors (Lipinski definition) is 6. The zero-order valence-electron chi connectivity index (χ0n) is 16.0. The van der Waals surface area contributed by atoms with E-state index in [1.54, 1.807) is 19.1 Å². The van der Waals surface area contributed by atoms with Gasteiger partial charge in [0.2, 0.25) is 0 Å². The molecule has 0 saturated heterocycles. The fraction of sp³-hybridized carbons (Fsp3) is 0.412. The molecule has 0 bridgehead atoms. The second-order valence-electron chi connectivity index (χ2n) is 6.21. The molecule has 152 valence electrons. The van der Waals surface area contributed by atoms with Gasteiger partial charge in [0.05, 0.1) is 22.9 Å². The van der Waals surface area contributed by atoms with Gasteiger partial charge in [-0.3, -0.25) is 14.8 Å². The van der Waals surface area contributed by atoms with E-state index in [2.05, 4.69) is 20.7 Å². The van der Waals surface area contributed by atoms with Crippen LogP contribution in [0.25, 0.3) is 0 Å². The van der Waals surface area contributed by atoms with E-state index in [0.29, 0.717) is 42.6 Å². The van der Waals surface area contributed by atoms with Crippen LogP contribution in [0.4, 0.5) is 5.69 Å². The summed E-state index contributed by atoms with van der Waals surface area (Å²) in [6, 6.07) is 5.16. The van der Waals surface area contributed by atoms with Crippen molar-refractivity contribution in [3.8, 4) is 0 Å². The summed E-state index contributed by atoms with van der Waals surface area (Å²) in [6.45, 7) is 5.69. The number of sulfone groups is 1. The van der Waals surface area contributed by atoms with Gasteiger partial charge in [-0.15, -0.1) is 0 Å². The van der Waals surface area contributed by atoms with Crippen molar-refractivity contribution < 1.29 is 13.3 Å². The zero-order chi connectivity index (χ0) is 20.7. The van der Waals surface area contributed by atoms with E-state index in [-0.39, 0.29) is 5.69 Å². The second kappa shape index (κ2) is 9.31. The molecule has 0 saturated carbocycles. The highest BCUT2D eigenvalue weighted by molar-refractivity contribution is 7.90. The first-order valence-corrected chi connectivity index (χ1v) is 10.6. The van der Waals surface area contributed by atoms with E-state index in [4.69, 9.17) is 0 Å². The Hall–Kier alpha value is -2.95. The predicted molar refractivity (Wildman–Crippen MR) is 106 cm³/mol. The van der Waals surface area contributed by atoms with Gasteiger partial charge in [0, 0.05) is 19.3 Å². The van der Waals surface area contributed by atoms with Crippen LogP contribution in [0, 0.1) is 17.0 Å². The Morgan fingerprint density at radius 2 is 2.11 bits per heavy atom. The van der Waals surface area contributed by atoms with Crippen molar-refractivity contribution in [1.82, 2.24) is 20.4 Å². The SMILES string of the molecule is CCNC(=NCc1ccc(S(C)(=O)=O)c(C)c1)NCCn1cc([N+](=O)[O-])cn1. The Kier molecular flexibility index (Phi) is 7.10. The van der Waals surface area contributed by atoms with Crippen LogP contribution in [0.3, 0.4) is 0 Å². The maximum atomic E-state index is 11.7. The Labute approximate surface area is 163 Å². The van der Waals surface area contributed by atoms with Gasteiger partial charge in [0.15, 0.2) is 15.8 Å². The maximum absolute atomic E-state index is 11.7. The minimum absolute atomic E-state index is 0.0477. The molecule has 0 spiro atoms. The average Bonchev–Trinajstić information content (AvgIpc) is 3.08. The van der Waals surface area contributed by atoms with E-state index >= 15 is 0 Å². The molecule has 2 N–H and O–H groups in total. The topological polar surface area (TPSA) is 132 Å². The summed E-state index contributed by atoms with van der Waals surface area (Å²) in [4.78, 5) is 15.0. The summed E-state index contributed by atoms with van der Waals surface area (Å²) >= 11 is 0. The first-order chi connectivity index (χ1) is 13.2. The van der Waals surface area contributed by atoms with Gasteiger partial charge >= 0.3 is 5.69 Å². The number of aryl methyl sites for hydroxylation is 1. The van der Waals surface area contributed by atoms with Gasteiger partial charge in [-0.25, -0.2) is 13.4 Å². The monoisotopic (exact) mass is 408 g/mol. The molecule has 1 aromatic carbocycles. The molecule has 0 radical (unpaired) electrons. The lowest BCUT2D eigenvalue weighted by Crippen LogP contribution is -2.38. The van der Waals surface area contributed by atoms with Crippen molar-refractivity contribution >= 4 is 21.5 Å². The lowest BCUT2D eigenvalue weighted by atomic mass is 10.1. The normalized spacial score (nSPS) is 12.0. The Balaban J connectivity index is 1.97. The predicted octanol–water partition coefficient (Wildman–Crippen LogP) is 1.26. The number of nitrogens with zero attached hydrogens (tertiary/aromatic N) is 4. The highest BCUT2D eigenvalue weighted by Gasteiger charge is 2.11. The molecule has 0 aliphatic carbocycles. The highest BCUT2D eigenvalue weighted by atomic mass is 32.2. The summed E-state index contributed by atoms with van der Waals surface area (Å²) in [7, 11) is -3.24. The summed E-state index contributed by atoms with van der Waals surface area (Å²) in [6.07, 6.45) is 3.77. The summed E-state index contributed by atoms with van der Waals surface area (Å²) in [5.41, 5.74) is 1.53. The first-order valence-electron chi connectivity index (χ1n) is 8.69. The molecule has 0 unspecified atom stereocenters. The smallest absolute Gasteiger partial charge is 0.306 e. The number of rotatable bonds is 8. The number of nitrogens with one attached hydrogen (secondary N) is 2. The van der Waals surface area contributed by atoms with Crippen molar-refractivity contribution in [2.75, 3.05) is 19.3 Å². The largest absolute Gasteiger partial charge is 0.357 e. The van der Waals surface area contributed by atoms with Crippen LogP contribution in [0.2, 0.25) is 0 Å². The van der Waals surface area contributed by atoms with Gasteiger partial charge in [0.25, 0.3) is 0 Å². The molecular weight excluding hydrogens is 384 g/mol. The third kappa shape index (κ3) is 6.05. The molecule has 1 aromatic heterocycles. The molecule has 10 nitrogen and oxygen atoms in total. The van der Waals surface area contributed by atoms with Gasteiger partial charge in [-0.05, 0) is 31.0 Å². The number of guanidine groups is 1. The molecule has 0 amide bonds. The van der Waals surface area contributed by atoms with Crippen LogP contribution in [-0.2, 0) is 22.9 Å². The van der Waals surface area contributed by atoms with Gasteiger partial charge < -0.3 is 10.6 Å². The molecule has 0 fully saturated rings. The molecule has 0 aliphatic heterocycles. The second-order valence-corrected chi connectivity index (χ2v) is 8.20. The molecule has 2 aromatic rings. The molecule has 1 heterocycles. The van der Waals surface area contributed by atoms with Crippen LogP contribution in [0.5, 0.6) is 0 Å². The average molecular weight is 408 g/mol. The van der Waals surface area contributed by atoms with Crippen LogP contribution in [0.15, 0.2) is 40.5 Å². The fourth-order valence-electron chi connectivity index (χ4n) is 2.60. The van der Waals surface area contributed by atoms with E-state index in [0.717, 1.165) is 5.56 Å². The van der Waals surface area contributed by atoms with Crippen LogP contribution in [-0.4, -0.2) is 48.4 Å². The van der Waals surface area contributed by atoms with Crippen molar-refractivity contribution in [1.29, 1.82) is 0 Å². The molecule has 0 atom stereocenters. The van der Waals surface area contributed by atoms with Gasteiger partial charge in [0.1, 0.15) is 12.4 Å². The maximum Gasteiger partial charge on any atom is 0.306 e. The van der Waals surface area contributed by atoms with Crippen LogP contribution < -0.4 is 10.6 Å². The minimum Gasteiger partial charge on any atom is -0.357 e. The Bertz CT molecular complexity index is 968. The lowest BCUT2D eigenvalue weighted by molar-refractivity contribution is -0.385. The van der Waals surface area contributed by atoms with Crippen molar-refractivity contribution in [3.05, 3.63) is 51.8 Å². The fourth-order valence-corrected chi connectivity index (χ4v) is 3.56. The third-order valence-corrected chi connectivity index (χ3v) is 5.12. The number of benzene rings is 1. The number of hydrogen-bond donors (Lipinski definition) is 2. The third-order valence-electron chi connectivity index (χ3n) is 3.87. The van der Waals surface area contributed by atoms with Gasteiger partial charge in [-0.2, -0.15) is 5.10 Å². The molecule has 2 rings (SSSR count). The number of aromatic nitrogens is 2. The first kappa shape index (κ1) is 21.4. The van der Waals surface area contributed by atoms with Crippen molar-refractivity contribution in [3.63, 3.8) is 0 Å². The van der Waals surface area contributed by atoms with E-state index < -0.39 is 14.8 Å². The summed E-state index contributed by atoms with van der Waals surface area (Å²) in [5.74, 6) is 0.592. The zero-order valence-corrected chi connectivity index (χ0v) is 16.9. The number of nitro groups is 1. The quantitative estimate of drug-likeness (QED) is 0.291. The van der Waals surface area contributed by atoms with Crippen LogP contribution in [0.1, 0.15) is 18.1 Å². The minimum atomic E-state index is -3.24. The number of aliphatic imine (C=N–C) groups is 1. The van der Waals surface area contributed by atoms with Crippen LogP contribution >= 0.6 is 0 Å². The molecule has 0 aliphatic rings. The standard InChI is InChI=1S/C17H24N6O4S/c1-4-18-17(19-7-8-22-12-15(11-21-22)23(24)25)20-10-14-5-6-16(13(2)9-14)28(3,26)27/h5-6,9,11-12H,4,7-8,10H2,1-3H3,(H2,18,19,20). The van der Waals surface area contributed by atoms with E-state index in [1.807, 2.05) is 13.0 Å². The lowest BCUT2D eigenvalue weighted by Gasteiger charge is -2.11. The summed E-state index contributed by atoms with van der Waals surface area (Å²) < 4.78 is 24.9. The molecular formula is C17H24N6O4S. The molecule has 11 heteroatoms. The van der Waals surface area contributed by atoms with Crippen molar-refractivity contribution in [2.24, 2.45) is 4.99 Å². The highest BCUT2D eigenvalue weighted by Crippen LogP contribution is 2.17. The van der Waals surface area contributed by atoms with E-state index in [1.165, 1.54) is 23.3 Å².